The van der Waals surface area contributed by atoms with Crippen LogP contribution in [-0.2, 0) is 0 Å². The molecular weight excluding hydrogens is 240 g/mol. The van der Waals surface area contributed by atoms with E-state index >= 15 is 0 Å². The average Bonchev–Trinajstić information content (AvgIpc) is 2.72. The molecule has 0 unspecified atom stereocenters. The van der Waals surface area contributed by atoms with Crippen LogP contribution >= 0.6 is 23.3 Å². The maximum Gasteiger partial charge on any atom is 0.244 e. The van der Waals surface area contributed by atoms with Gasteiger partial charge in [0.2, 0.25) is 5.88 Å². The Kier molecular flexibility index (Phi) is 3.44. The van der Waals surface area contributed by atoms with E-state index < -0.39 is 0 Å². The molecule has 2 aromatic rings. The second-order valence-electron chi connectivity index (χ2n) is 2.88. The van der Waals surface area contributed by atoms with Gasteiger partial charge in [-0.25, -0.2) is 0 Å². The van der Waals surface area contributed by atoms with E-state index in [1.165, 1.54) is 30.4 Å². The average molecular weight is 248 g/mol. The van der Waals surface area contributed by atoms with Gasteiger partial charge < -0.3 is 4.74 Å². The lowest BCUT2D eigenvalue weighted by atomic mass is 10.4. The summed E-state index contributed by atoms with van der Waals surface area (Å²) in [4.78, 5) is 1.09. The van der Waals surface area contributed by atoms with Crippen molar-refractivity contribution in [3.05, 3.63) is 35.9 Å². The van der Waals surface area contributed by atoms with Crippen molar-refractivity contribution >= 4 is 23.3 Å². The summed E-state index contributed by atoms with van der Waals surface area (Å²) in [6, 6.07) is 12.0. The first kappa shape index (κ1) is 11.0. The Hall–Kier alpha value is -1.51. The summed E-state index contributed by atoms with van der Waals surface area (Å²) in [6.07, 6.45) is 0. The van der Waals surface area contributed by atoms with Gasteiger partial charge in [0, 0.05) is 4.90 Å². The summed E-state index contributed by atoms with van der Waals surface area (Å²) >= 11 is 2.81. The molecule has 0 aliphatic heterocycles. The molecule has 0 saturated carbocycles. The molecule has 0 spiro atoms. The van der Waals surface area contributed by atoms with Crippen LogP contribution in [-0.4, -0.2) is 11.5 Å². The summed E-state index contributed by atoms with van der Waals surface area (Å²) in [7, 11) is 1.52. The lowest BCUT2D eigenvalue weighted by Crippen LogP contribution is -1.85. The highest BCUT2D eigenvalue weighted by molar-refractivity contribution is 8.01. The summed E-state index contributed by atoms with van der Waals surface area (Å²) in [6.45, 7) is 0. The van der Waals surface area contributed by atoms with Crippen molar-refractivity contribution in [3.8, 4) is 11.9 Å². The predicted molar refractivity (Wildman–Crippen MR) is 63.9 cm³/mol. The minimum absolute atomic E-state index is 0.408. The van der Waals surface area contributed by atoms with Crippen molar-refractivity contribution in [2.75, 3.05) is 7.11 Å². The van der Waals surface area contributed by atoms with Crippen molar-refractivity contribution in [3.63, 3.8) is 0 Å². The van der Waals surface area contributed by atoms with E-state index in [0.717, 1.165) is 9.10 Å². The van der Waals surface area contributed by atoms with Crippen LogP contribution in [0.5, 0.6) is 5.88 Å². The van der Waals surface area contributed by atoms with E-state index in [0.29, 0.717) is 11.4 Å². The minimum atomic E-state index is 0.408. The Bertz CT molecular complexity index is 517. The zero-order chi connectivity index (χ0) is 11.4. The first-order chi connectivity index (χ1) is 7.85. The Balaban J connectivity index is 2.29. The summed E-state index contributed by atoms with van der Waals surface area (Å²) < 4.78 is 9.96. The maximum atomic E-state index is 9.02. The van der Waals surface area contributed by atoms with Crippen LogP contribution in [0.15, 0.2) is 39.4 Å². The third-order valence-electron chi connectivity index (χ3n) is 1.89. The van der Waals surface area contributed by atoms with Crippen molar-refractivity contribution in [1.29, 1.82) is 5.26 Å². The van der Waals surface area contributed by atoms with Crippen LogP contribution in [0.1, 0.15) is 5.56 Å². The van der Waals surface area contributed by atoms with Crippen LogP contribution in [0.3, 0.4) is 0 Å². The molecule has 3 nitrogen and oxygen atoms in total. The number of ether oxygens (including phenoxy) is 1. The van der Waals surface area contributed by atoms with Gasteiger partial charge in [-0.3, -0.25) is 0 Å². The standard InChI is InChI=1S/C11H8N2OS2/c1-14-10-9(7-12)11(16-13-10)15-8-5-3-2-4-6-8/h2-6H,1H3. The Morgan fingerprint density at radius 3 is 2.75 bits per heavy atom. The fourth-order valence-corrected chi connectivity index (χ4v) is 3.01. The minimum Gasteiger partial charge on any atom is -0.479 e. The molecule has 80 valence electrons. The number of nitrogens with zero attached hydrogens (tertiary/aromatic N) is 2. The van der Waals surface area contributed by atoms with Gasteiger partial charge in [-0.15, -0.1) is 0 Å². The van der Waals surface area contributed by atoms with Crippen molar-refractivity contribution in [2.45, 2.75) is 9.10 Å². The SMILES string of the molecule is COc1nsc(Sc2ccccc2)c1C#N. The summed E-state index contributed by atoms with van der Waals surface area (Å²) in [5.74, 6) is 0.408. The van der Waals surface area contributed by atoms with Crippen molar-refractivity contribution in [1.82, 2.24) is 4.37 Å². The predicted octanol–water partition coefficient (Wildman–Crippen LogP) is 3.17. The van der Waals surface area contributed by atoms with Gasteiger partial charge >= 0.3 is 0 Å². The van der Waals surface area contributed by atoms with E-state index in [4.69, 9.17) is 10.00 Å². The highest BCUT2D eigenvalue weighted by atomic mass is 32.2. The quantitative estimate of drug-likeness (QED) is 0.837. The van der Waals surface area contributed by atoms with Gasteiger partial charge in [0.05, 0.1) is 7.11 Å². The molecule has 0 aliphatic carbocycles. The molecule has 1 heterocycles. The first-order valence-corrected chi connectivity index (χ1v) is 6.11. The van der Waals surface area contributed by atoms with E-state index in [1.807, 2.05) is 30.3 Å². The van der Waals surface area contributed by atoms with E-state index in [9.17, 15) is 0 Å². The smallest absolute Gasteiger partial charge is 0.244 e. The zero-order valence-corrected chi connectivity index (χ0v) is 10.1. The number of benzene rings is 1. The van der Waals surface area contributed by atoms with Crippen LogP contribution in [0.2, 0.25) is 0 Å². The number of hydrogen-bond acceptors (Lipinski definition) is 5. The van der Waals surface area contributed by atoms with E-state index in [-0.39, 0.29) is 0 Å². The monoisotopic (exact) mass is 248 g/mol. The van der Waals surface area contributed by atoms with Gasteiger partial charge in [0.15, 0.2) is 0 Å². The molecule has 0 aliphatic rings. The van der Waals surface area contributed by atoms with Gasteiger partial charge in [0.25, 0.3) is 0 Å². The second kappa shape index (κ2) is 5.01. The number of methoxy groups -OCH3 is 1. The lowest BCUT2D eigenvalue weighted by molar-refractivity contribution is 0.401. The van der Waals surface area contributed by atoms with Crippen LogP contribution in [0.4, 0.5) is 0 Å². The highest BCUT2D eigenvalue weighted by Gasteiger charge is 2.14. The molecule has 16 heavy (non-hydrogen) atoms. The van der Waals surface area contributed by atoms with Gasteiger partial charge in [-0.1, -0.05) is 30.0 Å². The molecule has 1 aromatic heterocycles. The highest BCUT2D eigenvalue weighted by Crippen LogP contribution is 2.37. The number of aromatic nitrogens is 1. The van der Waals surface area contributed by atoms with Crippen LogP contribution in [0, 0.1) is 11.3 Å². The third kappa shape index (κ3) is 2.18. The first-order valence-electron chi connectivity index (χ1n) is 4.52. The molecule has 5 heteroatoms. The molecule has 0 radical (unpaired) electrons. The Labute approximate surface area is 102 Å². The Morgan fingerprint density at radius 2 is 2.12 bits per heavy atom. The fraction of sp³-hybridized carbons (Fsp3) is 0.0909. The molecule has 0 atom stereocenters. The fourth-order valence-electron chi connectivity index (χ4n) is 1.16. The molecule has 0 amide bonds. The molecule has 2 rings (SSSR count). The number of nitriles is 1. The molecule has 1 aromatic carbocycles. The largest absolute Gasteiger partial charge is 0.479 e. The zero-order valence-electron chi connectivity index (χ0n) is 8.51. The third-order valence-corrected chi connectivity index (χ3v) is 3.89. The molecular formula is C11H8N2OS2. The normalized spacial score (nSPS) is 9.75. The van der Waals surface area contributed by atoms with E-state index in [1.54, 1.807) is 0 Å². The lowest BCUT2D eigenvalue weighted by Gasteiger charge is -1.97. The molecule has 0 saturated heterocycles. The van der Waals surface area contributed by atoms with Gasteiger partial charge in [-0.2, -0.15) is 9.64 Å². The maximum absolute atomic E-state index is 9.02. The molecule has 0 fully saturated rings. The van der Waals surface area contributed by atoms with Crippen LogP contribution in [0.25, 0.3) is 0 Å². The van der Waals surface area contributed by atoms with Gasteiger partial charge in [0.1, 0.15) is 15.8 Å². The summed E-state index contributed by atoms with van der Waals surface area (Å²) in [5, 5.41) is 9.02. The second-order valence-corrected chi connectivity index (χ2v) is 5.00. The topological polar surface area (TPSA) is 45.9 Å². The van der Waals surface area contributed by atoms with Gasteiger partial charge in [-0.05, 0) is 23.7 Å². The Morgan fingerprint density at radius 1 is 1.38 bits per heavy atom. The summed E-state index contributed by atoms with van der Waals surface area (Å²) in [5.41, 5.74) is 0.515. The molecule has 0 bridgehead atoms. The number of rotatable bonds is 3. The van der Waals surface area contributed by atoms with Crippen molar-refractivity contribution < 1.29 is 4.74 Å². The van der Waals surface area contributed by atoms with Crippen LogP contribution < -0.4 is 4.74 Å². The molecule has 0 N–H and O–H groups in total. The van der Waals surface area contributed by atoms with Crippen molar-refractivity contribution in [2.24, 2.45) is 0 Å². The van der Waals surface area contributed by atoms with E-state index in [2.05, 4.69) is 10.4 Å². The number of hydrogen-bond donors (Lipinski definition) is 0.